The number of rotatable bonds is 3. The fourth-order valence-electron chi connectivity index (χ4n) is 2.36. The number of phenols is 1. The second kappa shape index (κ2) is 4.90. The predicted octanol–water partition coefficient (Wildman–Crippen LogP) is 2.57. The molecule has 98 valence electrons. The topological polar surface area (TPSA) is 54.4 Å². The monoisotopic (exact) mass is 256 g/mol. The molecule has 1 aromatic carbocycles. The fourth-order valence-corrected chi connectivity index (χ4v) is 2.36. The second-order valence-electron chi connectivity index (χ2n) is 4.73. The van der Waals surface area contributed by atoms with E-state index >= 15 is 0 Å². The summed E-state index contributed by atoms with van der Waals surface area (Å²) < 4.78 is 5.59. The molecule has 0 amide bonds. The number of nitrogens with one attached hydrogen (secondary N) is 1. The van der Waals surface area contributed by atoms with E-state index in [1.807, 2.05) is 24.3 Å². The first-order valence-corrected chi connectivity index (χ1v) is 6.37. The van der Waals surface area contributed by atoms with Gasteiger partial charge in [-0.1, -0.05) is 6.07 Å². The fraction of sp³-hybridized carbons (Fsp3) is 0.267. The van der Waals surface area contributed by atoms with Crippen molar-refractivity contribution < 1.29 is 9.84 Å². The number of hydrogen-bond donors (Lipinski definition) is 2. The molecule has 1 aromatic heterocycles. The Morgan fingerprint density at radius 3 is 3.05 bits per heavy atom. The zero-order valence-electron chi connectivity index (χ0n) is 10.7. The Hall–Kier alpha value is -2.07. The summed E-state index contributed by atoms with van der Waals surface area (Å²) in [4.78, 5) is 4.35. The van der Waals surface area contributed by atoms with Gasteiger partial charge in [-0.25, -0.2) is 0 Å². The van der Waals surface area contributed by atoms with Crippen molar-refractivity contribution in [1.29, 1.82) is 0 Å². The van der Waals surface area contributed by atoms with Gasteiger partial charge in [0.1, 0.15) is 18.1 Å². The molecule has 3 rings (SSSR count). The van der Waals surface area contributed by atoms with Gasteiger partial charge in [0.05, 0.1) is 11.7 Å². The van der Waals surface area contributed by atoms with Crippen LogP contribution in [0.3, 0.4) is 0 Å². The van der Waals surface area contributed by atoms with Crippen molar-refractivity contribution in [3.05, 3.63) is 53.9 Å². The highest BCUT2D eigenvalue weighted by molar-refractivity contribution is 5.44. The number of aromatic nitrogens is 1. The van der Waals surface area contributed by atoms with E-state index < -0.39 is 0 Å². The minimum absolute atomic E-state index is 0.132. The van der Waals surface area contributed by atoms with E-state index in [9.17, 15) is 5.11 Å². The lowest BCUT2D eigenvalue weighted by Crippen LogP contribution is -2.26. The van der Waals surface area contributed by atoms with Gasteiger partial charge < -0.3 is 9.84 Å². The molecule has 4 nitrogen and oxygen atoms in total. The van der Waals surface area contributed by atoms with Crippen LogP contribution in [0.1, 0.15) is 30.3 Å². The van der Waals surface area contributed by atoms with Crippen LogP contribution >= 0.6 is 0 Å². The quantitative estimate of drug-likeness (QED) is 0.886. The Morgan fingerprint density at radius 2 is 2.26 bits per heavy atom. The molecular weight excluding hydrogens is 240 g/mol. The number of aromatic hydroxyl groups is 1. The van der Waals surface area contributed by atoms with Crippen LogP contribution in [0, 0.1) is 0 Å². The van der Waals surface area contributed by atoms with E-state index in [4.69, 9.17) is 4.74 Å². The van der Waals surface area contributed by atoms with E-state index in [0.717, 1.165) is 17.0 Å². The molecule has 2 heterocycles. The molecule has 4 heteroatoms. The number of ether oxygens (including phenoxy) is 1. The van der Waals surface area contributed by atoms with Crippen molar-refractivity contribution in [2.24, 2.45) is 0 Å². The molecule has 0 aliphatic carbocycles. The highest BCUT2D eigenvalue weighted by atomic mass is 16.5. The van der Waals surface area contributed by atoms with Crippen molar-refractivity contribution in [3.8, 4) is 11.5 Å². The number of hydrogen-bond acceptors (Lipinski definition) is 4. The summed E-state index contributed by atoms with van der Waals surface area (Å²) >= 11 is 0. The molecule has 0 bridgehead atoms. The van der Waals surface area contributed by atoms with Gasteiger partial charge in [-0.05, 0) is 31.2 Å². The first kappa shape index (κ1) is 12.0. The normalized spacial score (nSPS) is 18.7. The van der Waals surface area contributed by atoms with Crippen LogP contribution in [0.4, 0.5) is 0 Å². The summed E-state index contributed by atoms with van der Waals surface area (Å²) in [6.07, 6.45) is 1.80. The lowest BCUT2D eigenvalue weighted by molar-refractivity contribution is 0.299. The maximum Gasteiger partial charge on any atom is 0.127 e. The van der Waals surface area contributed by atoms with Gasteiger partial charge in [0, 0.05) is 23.9 Å². The van der Waals surface area contributed by atoms with Crippen LogP contribution in [-0.2, 0) is 0 Å². The summed E-state index contributed by atoms with van der Waals surface area (Å²) in [5.41, 5.74) is 2.09. The summed E-state index contributed by atoms with van der Waals surface area (Å²) in [5, 5.41) is 12.9. The molecule has 1 aliphatic rings. The molecule has 19 heavy (non-hydrogen) atoms. The number of fused-ring (bicyclic) bond motifs is 1. The zero-order valence-corrected chi connectivity index (χ0v) is 10.7. The molecule has 0 saturated carbocycles. The number of phenolic OH excluding ortho intramolecular Hbond substituents is 1. The second-order valence-corrected chi connectivity index (χ2v) is 4.73. The first-order valence-electron chi connectivity index (χ1n) is 6.37. The lowest BCUT2D eigenvalue weighted by Gasteiger charge is -2.18. The zero-order chi connectivity index (χ0) is 13.2. The van der Waals surface area contributed by atoms with Crippen LogP contribution < -0.4 is 10.1 Å². The van der Waals surface area contributed by atoms with Crippen LogP contribution in [0.2, 0.25) is 0 Å². The van der Waals surface area contributed by atoms with Gasteiger partial charge in [0.2, 0.25) is 0 Å². The van der Waals surface area contributed by atoms with Crippen molar-refractivity contribution in [2.45, 2.75) is 19.0 Å². The maximum absolute atomic E-state index is 9.43. The average molecular weight is 256 g/mol. The number of benzene rings is 1. The predicted molar refractivity (Wildman–Crippen MR) is 72.1 cm³/mol. The Morgan fingerprint density at radius 1 is 1.37 bits per heavy atom. The van der Waals surface area contributed by atoms with E-state index in [-0.39, 0.29) is 17.8 Å². The van der Waals surface area contributed by atoms with Crippen molar-refractivity contribution in [1.82, 2.24) is 10.3 Å². The first-order chi connectivity index (χ1) is 9.24. The van der Waals surface area contributed by atoms with Crippen LogP contribution in [0.15, 0.2) is 42.6 Å². The smallest absolute Gasteiger partial charge is 0.127 e. The summed E-state index contributed by atoms with van der Waals surface area (Å²) in [5.74, 6) is 0.989. The van der Waals surface area contributed by atoms with E-state index in [1.54, 1.807) is 18.3 Å². The van der Waals surface area contributed by atoms with E-state index in [1.165, 1.54) is 0 Å². The summed E-state index contributed by atoms with van der Waals surface area (Å²) in [6.45, 7) is 2.66. The Labute approximate surface area is 112 Å². The van der Waals surface area contributed by atoms with Crippen molar-refractivity contribution in [2.75, 3.05) is 6.61 Å². The largest absolute Gasteiger partial charge is 0.508 e. The van der Waals surface area contributed by atoms with E-state index in [0.29, 0.717) is 6.61 Å². The van der Waals surface area contributed by atoms with Crippen LogP contribution in [0.25, 0.3) is 0 Å². The Kier molecular flexibility index (Phi) is 3.09. The molecule has 0 radical (unpaired) electrons. The lowest BCUT2D eigenvalue weighted by atomic mass is 10.1. The van der Waals surface area contributed by atoms with Crippen molar-refractivity contribution in [3.63, 3.8) is 0 Å². The molecule has 0 saturated heterocycles. The summed E-state index contributed by atoms with van der Waals surface area (Å²) in [6, 6.07) is 11.4. The molecule has 0 fully saturated rings. The molecule has 2 unspecified atom stereocenters. The molecule has 2 atom stereocenters. The highest BCUT2D eigenvalue weighted by Crippen LogP contribution is 2.35. The molecule has 0 spiro atoms. The van der Waals surface area contributed by atoms with Gasteiger partial charge in [-0.2, -0.15) is 0 Å². The van der Waals surface area contributed by atoms with Crippen molar-refractivity contribution >= 4 is 0 Å². The van der Waals surface area contributed by atoms with Gasteiger partial charge in [-0.15, -0.1) is 0 Å². The molecule has 2 N–H and O–H groups in total. The molecule has 1 aliphatic heterocycles. The number of pyridine rings is 1. The SMILES string of the molecule is CC(NC1COc2cc(O)ccc21)c1ccccn1. The van der Waals surface area contributed by atoms with Crippen LogP contribution in [0.5, 0.6) is 11.5 Å². The van der Waals surface area contributed by atoms with Crippen LogP contribution in [-0.4, -0.2) is 16.7 Å². The van der Waals surface area contributed by atoms with Gasteiger partial charge in [0.15, 0.2) is 0 Å². The minimum atomic E-state index is 0.132. The molecule has 2 aromatic rings. The third-order valence-electron chi connectivity index (χ3n) is 3.36. The van der Waals surface area contributed by atoms with Gasteiger partial charge in [-0.3, -0.25) is 10.3 Å². The third-order valence-corrected chi connectivity index (χ3v) is 3.36. The standard InChI is InChI=1S/C15H16N2O2/c1-10(13-4-2-3-7-16-13)17-14-9-19-15-8-11(18)5-6-12(14)15/h2-8,10,14,17-18H,9H2,1H3. The maximum atomic E-state index is 9.43. The third kappa shape index (κ3) is 2.39. The Balaban J connectivity index is 1.76. The molecular formula is C15H16N2O2. The Bertz CT molecular complexity index is 572. The van der Waals surface area contributed by atoms with Gasteiger partial charge in [0.25, 0.3) is 0 Å². The minimum Gasteiger partial charge on any atom is -0.508 e. The van der Waals surface area contributed by atoms with E-state index in [2.05, 4.69) is 17.2 Å². The average Bonchev–Trinajstić information content (AvgIpc) is 2.82. The van der Waals surface area contributed by atoms with Gasteiger partial charge >= 0.3 is 0 Å². The number of nitrogens with zero attached hydrogens (tertiary/aromatic N) is 1. The highest BCUT2D eigenvalue weighted by Gasteiger charge is 2.26. The summed E-state index contributed by atoms with van der Waals surface area (Å²) in [7, 11) is 0.